The third-order valence-corrected chi connectivity index (χ3v) is 4.91. The van der Waals surface area contributed by atoms with E-state index in [1.807, 2.05) is 50.4 Å². The quantitative estimate of drug-likeness (QED) is 0.925. The number of nitrogens with one attached hydrogen (secondary N) is 1. The van der Waals surface area contributed by atoms with Crippen LogP contribution in [0.25, 0.3) is 0 Å². The Labute approximate surface area is 147 Å². The van der Waals surface area contributed by atoms with E-state index in [2.05, 4.69) is 10.4 Å². The van der Waals surface area contributed by atoms with E-state index in [9.17, 15) is 9.59 Å². The minimum atomic E-state index is -0.568. The number of aromatic nitrogens is 2. The maximum atomic E-state index is 12.8. The van der Waals surface area contributed by atoms with Crippen molar-refractivity contribution in [3.63, 3.8) is 0 Å². The average molecular weight is 340 g/mol. The Balaban J connectivity index is 1.65. The molecule has 25 heavy (non-hydrogen) atoms. The highest BCUT2D eigenvalue weighted by Crippen LogP contribution is 2.30. The Morgan fingerprint density at radius 3 is 2.68 bits per heavy atom. The Kier molecular flexibility index (Phi) is 4.88. The maximum Gasteiger partial charge on any atom is 0.253 e. The monoisotopic (exact) mass is 340 g/mol. The van der Waals surface area contributed by atoms with E-state index in [-0.39, 0.29) is 11.8 Å². The second-order valence-corrected chi connectivity index (χ2v) is 6.89. The number of carbonyl (C=O) groups is 2. The number of piperidine rings is 1. The molecule has 0 bridgehead atoms. The smallest absolute Gasteiger partial charge is 0.253 e. The highest BCUT2D eigenvalue weighted by molar-refractivity contribution is 5.95. The molecule has 0 saturated carbocycles. The van der Waals surface area contributed by atoms with Crippen molar-refractivity contribution in [3.05, 3.63) is 53.9 Å². The zero-order valence-corrected chi connectivity index (χ0v) is 14.7. The van der Waals surface area contributed by atoms with Crippen LogP contribution in [0.2, 0.25) is 0 Å². The first-order valence-electron chi connectivity index (χ1n) is 8.59. The first-order valence-corrected chi connectivity index (χ1v) is 8.59. The van der Waals surface area contributed by atoms with Gasteiger partial charge in [0.15, 0.2) is 0 Å². The van der Waals surface area contributed by atoms with Gasteiger partial charge in [0.2, 0.25) is 5.91 Å². The van der Waals surface area contributed by atoms with Crippen LogP contribution in [-0.4, -0.2) is 39.6 Å². The number of aryl methyl sites for hydroxylation is 1. The molecule has 1 fully saturated rings. The number of nitrogens with zero attached hydrogens (tertiary/aromatic N) is 3. The molecule has 1 atom stereocenters. The van der Waals surface area contributed by atoms with Crippen molar-refractivity contribution in [2.45, 2.75) is 26.3 Å². The van der Waals surface area contributed by atoms with Gasteiger partial charge in [-0.15, -0.1) is 0 Å². The van der Waals surface area contributed by atoms with Gasteiger partial charge in [0, 0.05) is 31.9 Å². The summed E-state index contributed by atoms with van der Waals surface area (Å²) in [6.07, 6.45) is 3.32. The van der Waals surface area contributed by atoms with Crippen LogP contribution in [0.4, 0.5) is 0 Å². The first-order chi connectivity index (χ1) is 12.0. The lowest BCUT2D eigenvalue weighted by Gasteiger charge is -2.39. The molecule has 2 aromatic rings. The highest BCUT2D eigenvalue weighted by Gasteiger charge is 2.39. The van der Waals surface area contributed by atoms with Crippen molar-refractivity contribution >= 4 is 11.8 Å². The van der Waals surface area contributed by atoms with Crippen LogP contribution in [0.3, 0.4) is 0 Å². The van der Waals surface area contributed by atoms with E-state index < -0.39 is 5.41 Å². The fraction of sp³-hybridized carbons (Fsp3) is 0.421. The molecule has 6 heteroatoms. The van der Waals surface area contributed by atoms with Crippen LogP contribution in [0, 0.1) is 5.41 Å². The van der Waals surface area contributed by atoms with Crippen LogP contribution >= 0.6 is 0 Å². The summed E-state index contributed by atoms with van der Waals surface area (Å²) < 4.78 is 1.74. The molecule has 0 unspecified atom stereocenters. The zero-order valence-electron chi connectivity index (χ0n) is 14.7. The second kappa shape index (κ2) is 7.09. The van der Waals surface area contributed by atoms with Crippen LogP contribution in [-0.2, 0) is 18.4 Å². The van der Waals surface area contributed by atoms with Gasteiger partial charge in [0.1, 0.15) is 0 Å². The molecular formula is C19H24N4O2. The lowest BCUT2D eigenvalue weighted by atomic mass is 9.80. The van der Waals surface area contributed by atoms with Gasteiger partial charge in [0.05, 0.1) is 17.7 Å². The Morgan fingerprint density at radius 2 is 2.00 bits per heavy atom. The van der Waals surface area contributed by atoms with Gasteiger partial charge < -0.3 is 10.2 Å². The van der Waals surface area contributed by atoms with E-state index >= 15 is 0 Å². The fourth-order valence-corrected chi connectivity index (χ4v) is 3.32. The van der Waals surface area contributed by atoms with E-state index in [0.717, 1.165) is 18.5 Å². The summed E-state index contributed by atoms with van der Waals surface area (Å²) in [6, 6.07) is 11.1. The minimum Gasteiger partial charge on any atom is -0.350 e. The SMILES string of the molecule is Cn1nccc1CNC(=O)[C@@]1(C)CCCN(C(=O)c2ccccc2)C1. The summed E-state index contributed by atoms with van der Waals surface area (Å²) in [5.41, 5.74) is 1.05. The number of amides is 2. The number of likely N-dealkylation sites (tertiary alicyclic amines) is 1. The molecule has 1 aromatic carbocycles. The lowest BCUT2D eigenvalue weighted by molar-refractivity contribution is -0.132. The molecule has 1 aliphatic rings. The summed E-state index contributed by atoms with van der Waals surface area (Å²) in [6.45, 7) is 3.52. The van der Waals surface area contributed by atoms with E-state index in [0.29, 0.717) is 25.2 Å². The predicted octanol–water partition coefficient (Wildman–Crippen LogP) is 1.98. The van der Waals surface area contributed by atoms with Crippen molar-refractivity contribution in [3.8, 4) is 0 Å². The van der Waals surface area contributed by atoms with Gasteiger partial charge >= 0.3 is 0 Å². The molecule has 1 aliphatic heterocycles. The maximum absolute atomic E-state index is 12.8. The van der Waals surface area contributed by atoms with Gasteiger partial charge in [-0.3, -0.25) is 14.3 Å². The van der Waals surface area contributed by atoms with Crippen LogP contribution in [0.1, 0.15) is 35.8 Å². The standard InChI is InChI=1S/C19H24N4O2/c1-19(18(25)20-13-16-9-11-21-22(16)2)10-6-12-23(14-19)17(24)15-7-4-3-5-8-15/h3-5,7-9,11H,6,10,12-14H2,1-2H3,(H,20,25)/t19-/m0/s1. The number of benzene rings is 1. The lowest BCUT2D eigenvalue weighted by Crippen LogP contribution is -2.51. The molecule has 3 rings (SSSR count). The molecule has 1 saturated heterocycles. The summed E-state index contributed by atoms with van der Waals surface area (Å²) in [4.78, 5) is 27.2. The number of hydrogen-bond acceptors (Lipinski definition) is 3. The van der Waals surface area contributed by atoms with Gasteiger partial charge in [-0.05, 0) is 38.0 Å². The fourth-order valence-electron chi connectivity index (χ4n) is 3.32. The number of carbonyl (C=O) groups excluding carboxylic acids is 2. The molecule has 132 valence electrons. The zero-order chi connectivity index (χ0) is 17.9. The van der Waals surface area contributed by atoms with Crippen molar-refractivity contribution in [2.75, 3.05) is 13.1 Å². The van der Waals surface area contributed by atoms with Crippen LogP contribution in [0.5, 0.6) is 0 Å². The van der Waals surface area contributed by atoms with E-state index in [1.165, 1.54) is 0 Å². The van der Waals surface area contributed by atoms with Gasteiger partial charge in [-0.1, -0.05) is 18.2 Å². The highest BCUT2D eigenvalue weighted by atomic mass is 16.2. The third-order valence-electron chi connectivity index (χ3n) is 4.91. The molecule has 1 aromatic heterocycles. The summed E-state index contributed by atoms with van der Waals surface area (Å²) in [7, 11) is 1.85. The van der Waals surface area contributed by atoms with Crippen molar-refractivity contribution in [1.29, 1.82) is 0 Å². The number of hydrogen-bond donors (Lipinski definition) is 1. The molecule has 0 aliphatic carbocycles. The van der Waals surface area contributed by atoms with Gasteiger partial charge in [-0.25, -0.2) is 0 Å². The van der Waals surface area contributed by atoms with E-state index in [4.69, 9.17) is 0 Å². The Bertz CT molecular complexity index is 756. The minimum absolute atomic E-state index is 0.00837. The Morgan fingerprint density at radius 1 is 1.24 bits per heavy atom. The molecule has 1 N–H and O–H groups in total. The molecule has 6 nitrogen and oxygen atoms in total. The van der Waals surface area contributed by atoms with Crippen molar-refractivity contribution in [1.82, 2.24) is 20.0 Å². The Hall–Kier alpha value is -2.63. The molecule has 2 amide bonds. The van der Waals surface area contributed by atoms with Crippen molar-refractivity contribution < 1.29 is 9.59 Å². The van der Waals surface area contributed by atoms with Crippen molar-refractivity contribution in [2.24, 2.45) is 12.5 Å². The molecule has 0 radical (unpaired) electrons. The van der Waals surface area contributed by atoms with Crippen LogP contribution in [0.15, 0.2) is 42.6 Å². The third kappa shape index (κ3) is 3.73. The van der Waals surface area contributed by atoms with Gasteiger partial charge in [-0.2, -0.15) is 5.10 Å². The second-order valence-electron chi connectivity index (χ2n) is 6.89. The summed E-state index contributed by atoms with van der Waals surface area (Å²) in [5, 5.41) is 7.10. The summed E-state index contributed by atoms with van der Waals surface area (Å²) in [5.74, 6) is -0.0229. The molecule has 2 heterocycles. The molecule has 0 spiro atoms. The average Bonchev–Trinajstić information content (AvgIpc) is 3.04. The van der Waals surface area contributed by atoms with Crippen LogP contribution < -0.4 is 5.32 Å². The topological polar surface area (TPSA) is 67.2 Å². The molecular weight excluding hydrogens is 316 g/mol. The van der Waals surface area contributed by atoms with Gasteiger partial charge in [0.25, 0.3) is 5.91 Å². The summed E-state index contributed by atoms with van der Waals surface area (Å²) >= 11 is 0. The predicted molar refractivity (Wildman–Crippen MR) is 94.7 cm³/mol. The van der Waals surface area contributed by atoms with E-state index in [1.54, 1.807) is 15.8 Å². The first kappa shape index (κ1) is 17.2. The largest absolute Gasteiger partial charge is 0.350 e. The number of rotatable bonds is 4. The normalized spacial score (nSPS) is 20.3.